The highest BCUT2D eigenvalue weighted by atomic mass is 16.5. The van der Waals surface area contributed by atoms with Crippen molar-refractivity contribution in [1.29, 1.82) is 5.41 Å². The largest absolute Gasteiger partial charge is 0.469 e. The number of rotatable bonds is 11. The van der Waals surface area contributed by atoms with Gasteiger partial charge in [0.05, 0.1) is 19.1 Å². The molecule has 6 N–H and O–H groups in total. The monoisotopic (exact) mass is 524 g/mol. The van der Waals surface area contributed by atoms with Gasteiger partial charge in [-0.3, -0.25) is 15.0 Å². The minimum absolute atomic E-state index is 0.0227. The number of benzene rings is 2. The number of carbonyl (C=O) groups excluding carboxylic acids is 2. The van der Waals surface area contributed by atoms with Crippen LogP contribution in [0.1, 0.15) is 47.7 Å². The number of methoxy groups -OCH3 is 1. The third-order valence-corrected chi connectivity index (χ3v) is 6.52. The van der Waals surface area contributed by atoms with E-state index in [1.165, 1.54) is 13.3 Å². The van der Waals surface area contributed by atoms with Crippen LogP contribution in [0.5, 0.6) is 0 Å². The Kier molecular flexibility index (Phi) is 10.6. The van der Waals surface area contributed by atoms with Gasteiger partial charge in [-0.2, -0.15) is 0 Å². The van der Waals surface area contributed by atoms with E-state index in [9.17, 15) is 9.59 Å². The van der Waals surface area contributed by atoms with E-state index in [0.29, 0.717) is 18.4 Å². The van der Waals surface area contributed by atoms with E-state index in [1.54, 1.807) is 12.1 Å². The van der Waals surface area contributed by atoms with Gasteiger partial charge in [-0.15, -0.1) is 0 Å². The molecule has 7 nitrogen and oxygen atoms in total. The van der Waals surface area contributed by atoms with Crippen molar-refractivity contribution in [3.8, 4) is 0 Å². The normalized spacial score (nSPS) is 15.4. The molecule has 0 saturated carbocycles. The van der Waals surface area contributed by atoms with E-state index in [1.807, 2.05) is 85.8 Å². The molecule has 0 spiro atoms. The van der Waals surface area contributed by atoms with Gasteiger partial charge in [-0.1, -0.05) is 84.5 Å². The zero-order chi connectivity index (χ0) is 28.2. The zero-order valence-electron chi connectivity index (χ0n) is 22.4. The van der Waals surface area contributed by atoms with Gasteiger partial charge >= 0.3 is 5.97 Å². The summed E-state index contributed by atoms with van der Waals surface area (Å²) >= 11 is 0. The first kappa shape index (κ1) is 28.9. The van der Waals surface area contributed by atoms with Crippen LogP contribution in [0.2, 0.25) is 0 Å². The second kappa shape index (κ2) is 14.3. The molecule has 2 unspecified atom stereocenters. The Morgan fingerprint density at radius 1 is 1.10 bits per heavy atom. The van der Waals surface area contributed by atoms with Crippen molar-refractivity contribution >= 4 is 29.4 Å². The highest BCUT2D eigenvalue weighted by Crippen LogP contribution is 2.26. The molecular formula is C32H36N4O3. The molecule has 1 aliphatic carbocycles. The van der Waals surface area contributed by atoms with E-state index < -0.39 is 17.9 Å². The van der Waals surface area contributed by atoms with Gasteiger partial charge in [-0.25, -0.2) is 0 Å². The molecule has 0 aliphatic heterocycles. The van der Waals surface area contributed by atoms with Gasteiger partial charge in [0.15, 0.2) is 0 Å². The average Bonchev–Trinajstić information content (AvgIpc) is 2.97. The van der Waals surface area contributed by atoms with Crippen molar-refractivity contribution in [2.75, 3.05) is 7.11 Å². The molecule has 7 heteroatoms. The minimum atomic E-state index is -0.700. The third kappa shape index (κ3) is 8.17. The second-order valence-electron chi connectivity index (χ2n) is 9.20. The maximum absolute atomic E-state index is 13.4. The van der Waals surface area contributed by atoms with Crippen molar-refractivity contribution < 1.29 is 14.3 Å². The molecule has 1 amide bonds. The van der Waals surface area contributed by atoms with Crippen molar-refractivity contribution in [1.82, 2.24) is 5.32 Å². The topological polar surface area (TPSA) is 131 Å². The van der Waals surface area contributed by atoms with Crippen molar-refractivity contribution in [2.45, 2.75) is 32.2 Å². The maximum atomic E-state index is 13.4. The van der Waals surface area contributed by atoms with E-state index in [-0.39, 0.29) is 11.7 Å². The van der Waals surface area contributed by atoms with E-state index in [0.717, 1.165) is 34.3 Å². The highest BCUT2D eigenvalue weighted by molar-refractivity contribution is 5.96. The number of ether oxygens (including phenoxy) is 1. The molecule has 2 aromatic rings. The van der Waals surface area contributed by atoms with Crippen LogP contribution in [0.25, 0.3) is 11.6 Å². The van der Waals surface area contributed by atoms with Crippen molar-refractivity contribution in [3.63, 3.8) is 0 Å². The summed E-state index contributed by atoms with van der Waals surface area (Å²) in [5, 5.41) is 10.8. The van der Waals surface area contributed by atoms with Gasteiger partial charge in [0.1, 0.15) is 5.84 Å². The molecule has 1 aliphatic rings. The van der Waals surface area contributed by atoms with Crippen LogP contribution < -0.4 is 16.8 Å². The maximum Gasteiger partial charge on any atom is 0.311 e. The Labute approximate surface area is 230 Å². The summed E-state index contributed by atoms with van der Waals surface area (Å²) in [6.45, 7) is 1.91. The van der Waals surface area contributed by atoms with E-state index in [4.69, 9.17) is 21.6 Å². The molecule has 202 valence electrons. The summed E-state index contributed by atoms with van der Waals surface area (Å²) in [5.74, 6) is -1.44. The van der Waals surface area contributed by atoms with Crippen LogP contribution in [0, 0.1) is 11.3 Å². The lowest BCUT2D eigenvalue weighted by Crippen LogP contribution is -2.42. The molecule has 2 atom stereocenters. The second-order valence-corrected chi connectivity index (χ2v) is 9.20. The van der Waals surface area contributed by atoms with Gasteiger partial charge in [0.25, 0.3) is 5.91 Å². The Morgan fingerprint density at radius 3 is 2.41 bits per heavy atom. The van der Waals surface area contributed by atoms with Gasteiger partial charge in [0.2, 0.25) is 0 Å². The summed E-state index contributed by atoms with van der Waals surface area (Å²) in [6, 6.07) is 16.1. The average molecular weight is 525 g/mol. The zero-order valence-corrected chi connectivity index (χ0v) is 22.4. The van der Waals surface area contributed by atoms with Crippen LogP contribution in [0.4, 0.5) is 0 Å². The fourth-order valence-electron chi connectivity index (χ4n) is 4.42. The number of carbonyl (C=O) groups is 2. The third-order valence-electron chi connectivity index (χ3n) is 6.52. The highest BCUT2D eigenvalue weighted by Gasteiger charge is 2.30. The molecule has 0 aromatic heterocycles. The molecule has 0 saturated heterocycles. The fourth-order valence-corrected chi connectivity index (χ4v) is 4.42. The standard InChI is InChI=1S/C32H36N4O3/c1-3-8-27(21-33)24-14-16-25(17-15-24)31(37)36-29(18-13-22-9-5-4-6-10-22)28(32(38)39-2)20-23-11-7-12-26(19-23)30(34)35/h3-6,8-11,13-19,21,28-29H,7,12,20,33H2,1-2H3,(H3,34,35)(H,36,37)/b8-3-,18-13+,27-21+. The number of esters is 1. The lowest BCUT2D eigenvalue weighted by Gasteiger charge is -2.25. The predicted molar refractivity (Wildman–Crippen MR) is 158 cm³/mol. The van der Waals surface area contributed by atoms with Crippen LogP contribution in [-0.2, 0) is 9.53 Å². The van der Waals surface area contributed by atoms with Crippen LogP contribution in [-0.4, -0.2) is 30.9 Å². The first-order valence-corrected chi connectivity index (χ1v) is 12.9. The van der Waals surface area contributed by atoms with Crippen molar-refractivity contribution in [3.05, 3.63) is 119 Å². The fraction of sp³-hybridized carbons (Fsp3) is 0.219. The molecule has 0 bridgehead atoms. The first-order chi connectivity index (χ1) is 18.9. The van der Waals surface area contributed by atoms with Gasteiger partial charge in [0, 0.05) is 11.8 Å². The number of amides is 1. The molecule has 3 rings (SSSR count). The number of nitrogens with two attached hydrogens (primary N) is 2. The molecular weight excluding hydrogens is 488 g/mol. The molecule has 2 aromatic carbocycles. The molecule has 0 radical (unpaired) electrons. The number of allylic oxidation sites excluding steroid dienone is 6. The lowest BCUT2D eigenvalue weighted by molar-refractivity contribution is -0.145. The van der Waals surface area contributed by atoms with Crippen LogP contribution in [0.3, 0.4) is 0 Å². The van der Waals surface area contributed by atoms with Crippen LogP contribution >= 0.6 is 0 Å². The SMILES string of the molecule is C/C=C\C(=C/N)c1ccc(C(=O)NC(/C=C/c2ccccc2)C(CC2=CCCC(C(=N)N)=C2)C(=O)OC)cc1. The first-order valence-electron chi connectivity index (χ1n) is 12.9. The number of hydrogen-bond donors (Lipinski definition) is 4. The quantitative estimate of drug-likeness (QED) is 0.140. The van der Waals surface area contributed by atoms with Gasteiger partial charge < -0.3 is 21.5 Å². The Balaban J connectivity index is 1.92. The molecule has 0 heterocycles. The minimum Gasteiger partial charge on any atom is -0.469 e. The number of amidine groups is 1. The number of nitrogens with one attached hydrogen (secondary N) is 2. The van der Waals surface area contributed by atoms with Gasteiger partial charge in [-0.05, 0) is 60.6 Å². The summed E-state index contributed by atoms with van der Waals surface area (Å²) in [7, 11) is 1.34. The molecule has 0 fully saturated rings. The smallest absolute Gasteiger partial charge is 0.311 e. The molecule has 39 heavy (non-hydrogen) atoms. The van der Waals surface area contributed by atoms with E-state index >= 15 is 0 Å². The summed E-state index contributed by atoms with van der Waals surface area (Å²) in [6.07, 6.45) is 14.6. The Hall–Kier alpha value is -4.65. The Morgan fingerprint density at radius 2 is 1.79 bits per heavy atom. The summed E-state index contributed by atoms with van der Waals surface area (Å²) < 4.78 is 5.16. The Bertz CT molecular complexity index is 1320. The lowest BCUT2D eigenvalue weighted by atomic mass is 9.87. The van der Waals surface area contributed by atoms with E-state index in [2.05, 4.69) is 5.32 Å². The summed E-state index contributed by atoms with van der Waals surface area (Å²) in [5.41, 5.74) is 16.2. The van der Waals surface area contributed by atoms with Crippen molar-refractivity contribution in [2.24, 2.45) is 17.4 Å². The van der Waals surface area contributed by atoms with Crippen LogP contribution in [0.15, 0.2) is 102 Å². The summed E-state index contributed by atoms with van der Waals surface area (Å²) in [4.78, 5) is 26.4. The predicted octanol–water partition coefficient (Wildman–Crippen LogP) is 5.14. The number of hydrogen-bond acceptors (Lipinski definition) is 5.